The Kier molecular flexibility index (Phi) is 5.03. The highest BCUT2D eigenvalue weighted by Gasteiger charge is 2.34. The monoisotopic (exact) mass is 214 g/mol. The molecule has 0 saturated carbocycles. The number of aliphatic hydroxyl groups is 1. The zero-order valence-corrected chi connectivity index (χ0v) is 10.2. The third kappa shape index (κ3) is 3.44. The highest BCUT2D eigenvalue weighted by Crippen LogP contribution is 2.29. The van der Waals surface area contributed by atoms with Crippen molar-refractivity contribution in [2.24, 2.45) is 11.7 Å². The Hall–Kier alpha value is -0.120. The van der Waals surface area contributed by atoms with Crippen molar-refractivity contribution >= 4 is 0 Å². The molecule has 0 aromatic rings. The fourth-order valence-electron chi connectivity index (χ4n) is 2.45. The Labute approximate surface area is 93.6 Å². The van der Waals surface area contributed by atoms with Crippen LogP contribution in [-0.4, -0.2) is 41.8 Å². The maximum absolute atomic E-state index is 10.5. The van der Waals surface area contributed by atoms with Crippen molar-refractivity contribution in [1.29, 1.82) is 0 Å². The van der Waals surface area contributed by atoms with Gasteiger partial charge in [0.2, 0.25) is 0 Å². The second-order valence-corrected chi connectivity index (χ2v) is 4.94. The summed E-state index contributed by atoms with van der Waals surface area (Å²) in [5.74, 6) is 0.221. The van der Waals surface area contributed by atoms with E-state index in [0.29, 0.717) is 6.54 Å². The fourth-order valence-corrected chi connectivity index (χ4v) is 2.45. The lowest BCUT2D eigenvalue weighted by Gasteiger charge is -2.32. The minimum atomic E-state index is -0.517. The summed E-state index contributed by atoms with van der Waals surface area (Å²) in [7, 11) is 0. The lowest BCUT2D eigenvalue weighted by Crippen LogP contribution is -2.41. The van der Waals surface area contributed by atoms with Gasteiger partial charge in [-0.05, 0) is 51.2 Å². The molecule has 0 amide bonds. The first-order valence-electron chi connectivity index (χ1n) is 6.27. The largest absolute Gasteiger partial charge is 0.390 e. The van der Waals surface area contributed by atoms with Gasteiger partial charge in [0, 0.05) is 6.54 Å². The predicted octanol–water partition coefficient (Wildman–Crippen LogP) is 1.21. The highest BCUT2D eigenvalue weighted by atomic mass is 16.3. The molecule has 0 aliphatic carbocycles. The molecule has 1 aliphatic heterocycles. The molecule has 1 fully saturated rings. The van der Waals surface area contributed by atoms with Crippen LogP contribution in [0, 0.1) is 5.92 Å². The molecule has 15 heavy (non-hydrogen) atoms. The van der Waals surface area contributed by atoms with Crippen molar-refractivity contribution in [3.05, 3.63) is 0 Å². The van der Waals surface area contributed by atoms with Gasteiger partial charge in [0.1, 0.15) is 0 Å². The molecule has 1 heterocycles. The molecule has 90 valence electrons. The standard InChI is InChI=1S/C12H26N2O/c1-3-7-14-8-4-5-12(15,6-9-14)11(2)10-13/h11,15H,3-10,13H2,1-2H3. The number of likely N-dealkylation sites (tertiary alicyclic amines) is 1. The molecule has 0 aromatic carbocycles. The van der Waals surface area contributed by atoms with Gasteiger partial charge in [-0.3, -0.25) is 0 Å². The number of hydrogen-bond acceptors (Lipinski definition) is 3. The summed E-state index contributed by atoms with van der Waals surface area (Å²) < 4.78 is 0. The van der Waals surface area contributed by atoms with Crippen molar-refractivity contribution in [2.75, 3.05) is 26.2 Å². The molecule has 3 heteroatoms. The first-order valence-corrected chi connectivity index (χ1v) is 6.27. The number of nitrogens with zero attached hydrogens (tertiary/aromatic N) is 1. The fraction of sp³-hybridized carbons (Fsp3) is 1.00. The maximum atomic E-state index is 10.5. The Morgan fingerprint density at radius 1 is 1.40 bits per heavy atom. The molecule has 0 radical (unpaired) electrons. The molecule has 3 N–H and O–H groups in total. The average Bonchev–Trinajstić information content (AvgIpc) is 2.42. The van der Waals surface area contributed by atoms with Crippen LogP contribution in [0.5, 0.6) is 0 Å². The van der Waals surface area contributed by atoms with Crippen molar-refractivity contribution in [3.63, 3.8) is 0 Å². The van der Waals surface area contributed by atoms with E-state index in [9.17, 15) is 5.11 Å². The lowest BCUT2D eigenvalue weighted by atomic mass is 9.82. The second-order valence-electron chi connectivity index (χ2n) is 4.94. The van der Waals surface area contributed by atoms with Gasteiger partial charge in [0.05, 0.1) is 5.60 Å². The van der Waals surface area contributed by atoms with Crippen LogP contribution in [0.1, 0.15) is 39.5 Å². The van der Waals surface area contributed by atoms with Crippen LogP contribution in [0.2, 0.25) is 0 Å². The minimum Gasteiger partial charge on any atom is -0.390 e. The lowest BCUT2D eigenvalue weighted by molar-refractivity contribution is -0.0213. The summed E-state index contributed by atoms with van der Waals surface area (Å²) in [5, 5.41) is 10.5. The molecule has 1 aliphatic rings. The summed E-state index contributed by atoms with van der Waals surface area (Å²) in [6, 6.07) is 0. The quantitative estimate of drug-likeness (QED) is 0.739. The van der Waals surface area contributed by atoms with E-state index in [4.69, 9.17) is 5.73 Å². The molecule has 0 bridgehead atoms. The van der Waals surface area contributed by atoms with Crippen LogP contribution in [0.15, 0.2) is 0 Å². The van der Waals surface area contributed by atoms with Gasteiger partial charge in [-0.25, -0.2) is 0 Å². The SMILES string of the molecule is CCCN1CCCC(O)(C(C)CN)CC1. The van der Waals surface area contributed by atoms with Gasteiger partial charge in [-0.15, -0.1) is 0 Å². The molecule has 3 nitrogen and oxygen atoms in total. The van der Waals surface area contributed by atoms with Gasteiger partial charge in [0.15, 0.2) is 0 Å². The van der Waals surface area contributed by atoms with Crippen LogP contribution >= 0.6 is 0 Å². The van der Waals surface area contributed by atoms with Crippen molar-refractivity contribution in [1.82, 2.24) is 4.90 Å². The molecule has 1 rings (SSSR count). The van der Waals surface area contributed by atoms with E-state index in [1.807, 2.05) is 0 Å². The van der Waals surface area contributed by atoms with E-state index in [2.05, 4.69) is 18.7 Å². The highest BCUT2D eigenvalue weighted by molar-refractivity contribution is 4.88. The molecular formula is C12H26N2O. The maximum Gasteiger partial charge on any atom is 0.0697 e. The van der Waals surface area contributed by atoms with Crippen molar-refractivity contribution < 1.29 is 5.11 Å². The van der Waals surface area contributed by atoms with Gasteiger partial charge in [-0.2, -0.15) is 0 Å². The first kappa shape index (κ1) is 12.9. The average molecular weight is 214 g/mol. The third-order valence-electron chi connectivity index (χ3n) is 3.76. The molecule has 2 atom stereocenters. The predicted molar refractivity (Wildman–Crippen MR) is 63.8 cm³/mol. The topological polar surface area (TPSA) is 49.5 Å². The van der Waals surface area contributed by atoms with Crippen LogP contribution in [0.4, 0.5) is 0 Å². The van der Waals surface area contributed by atoms with Crippen LogP contribution in [-0.2, 0) is 0 Å². The van der Waals surface area contributed by atoms with Crippen LogP contribution in [0.3, 0.4) is 0 Å². The summed E-state index contributed by atoms with van der Waals surface area (Å²) in [6.45, 7) is 8.18. The van der Waals surface area contributed by atoms with E-state index >= 15 is 0 Å². The zero-order chi connectivity index (χ0) is 11.3. The van der Waals surface area contributed by atoms with E-state index in [-0.39, 0.29) is 5.92 Å². The zero-order valence-electron chi connectivity index (χ0n) is 10.2. The molecular weight excluding hydrogens is 188 g/mol. The van der Waals surface area contributed by atoms with E-state index < -0.39 is 5.60 Å². The van der Waals surface area contributed by atoms with Gasteiger partial charge in [-0.1, -0.05) is 13.8 Å². The van der Waals surface area contributed by atoms with Gasteiger partial charge in [0.25, 0.3) is 0 Å². The molecule has 0 aromatic heterocycles. The molecule has 0 spiro atoms. The number of hydrogen-bond donors (Lipinski definition) is 2. The molecule has 2 unspecified atom stereocenters. The smallest absolute Gasteiger partial charge is 0.0697 e. The van der Waals surface area contributed by atoms with Crippen molar-refractivity contribution in [2.45, 2.75) is 45.1 Å². The van der Waals surface area contributed by atoms with Crippen molar-refractivity contribution in [3.8, 4) is 0 Å². The van der Waals surface area contributed by atoms with E-state index in [0.717, 1.165) is 38.9 Å². The summed E-state index contributed by atoms with van der Waals surface area (Å²) >= 11 is 0. The van der Waals surface area contributed by atoms with E-state index in [1.165, 1.54) is 6.42 Å². The summed E-state index contributed by atoms with van der Waals surface area (Å²) in [4.78, 5) is 2.46. The Morgan fingerprint density at radius 3 is 2.73 bits per heavy atom. The van der Waals surface area contributed by atoms with Gasteiger partial charge < -0.3 is 15.7 Å². The molecule has 1 saturated heterocycles. The number of nitrogens with two attached hydrogens (primary N) is 1. The first-order chi connectivity index (χ1) is 7.12. The number of rotatable bonds is 4. The van der Waals surface area contributed by atoms with E-state index in [1.54, 1.807) is 0 Å². The van der Waals surface area contributed by atoms with Gasteiger partial charge >= 0.3 is 0 Å². The van der Waals surface area contributed by atoms with Crippen LogP contribution in [0.25, 0.3) is 0 Å². The summed E-state index contributed by atoms with van der Waals surface area (Å²) in [5.41, 5.74) is 5.14. The van der Waals surface area contributed by atoms with Crippen LogP contribution < -0.4 is 5.73 Å². The minimum absolute atomic E-state index is 0.221. The second kappa shape index (κ2) is 5.83. The normalized spacial score (nSPS) is 31.2. The Balaban J connectivity index is 2.50. The Bertz CT molecular complexity index is 186. The summed E-state index contributed by atoms with van der Waals surface area (Å²) in [6.07, 6.45) is 4.09. The third-order valence-corrected chi connectivity index (χ3v) is 3.76. The Morgan fingerprint density at radius 2 is 2.13 bits per heavy atom.